The monoisotopic (exact) mass is 273 g/mol. The fourth-order valence-corrected chi connectivity index (χ4v) is 3.88. The third kappa shape index (κ3) is 3.12. The van der Waals surface area contributed by atoms with E-state index < -0.39 is 10.0 Å². The van der Waals surface area contributed by atoms with Crippen LogP contribution in [0.2, 0.25) is 0 Å². The van der Waals surface area contributed by atoms with E-state index in [-0.39, 0.29) is 17.3 Å². The van der Waals surface area contributed by atoms with Gasteiger partial charge in [-0.05, 0) is 30.6 Å². The van der Waals surface area contributed by atoms with Gasteiger partial charge in [0.25, 0.3) is 0 Å². The van der Waals surface area contributed by atoms with Gasteiger partial charge in [0.1, 0.15) is 5.78 Å². The van der Waals surface area contributed by atoms with Gasteiger partial charge in [0.15, 0.2) is 0 Å². The van der Waals surface area contributed by atoms with Gasteiger partial charge in [-0.3, -0.25) is 4.79 Å². The lowest BCUT2D eigenvalue weighted by molar-refractivity contribution is -0.122. The Labute approximate surface area is 110 Å². The molecule has 18 heavy (non-hydrogen) atoms. The number of hydrogen-bond acceptors (Lipinski definition) is 3. The summed E-state index contributed by atoms with van der Waals surface area (Å²) in [7, 11) is -3.10. The maximum Gasteiger partial charge on any atom is 0.211 e. The average molecular weight is 273 g/mol. The summed E-state index contributed by atoms with van der Waals surface area (Å²) in [5.41, 5.74) is 0.183. The number of Topliss-reactive ketones (excluding diaryl/α,β-unsaturated/α-hetero) is 1. The van der Waals surface area contributed by atoms with Crippen molar-refractivity contribution in [3.63, 3.8) is 0 Å². The van der Waals surface area contributed by atoms with Gasteiger partial charge in [0.2, 0.25) is 10.0 Å². The largest absolute Gasteiger partial charge is 0.299 e. The van der Waals surface area contributed by atoms with Crippen LogP contribution in [-0.4, -0.2) is 37.9 Å². The summed E-state index contributed by atoms with van der Waals surface area (Å²) in [5, 5.41) is 0. The minimum Gasteiger partial charge on any atom is -0.299 e. The van der Waals surface area contributed by atoms with Crippen molar-refractivity contribution in [3.8, 4) is 0 Å². The Morgan fingerprint density at radius 3 is 2.50 bits per heavy atom. The highest BCUT2D eigenvalue weighted by Gasteiger charge is 2.50. The Morgan fingerprint density at radius 2 is 2.00 bits per heavy atom. The molecule has 0 aromatic heterocycles. The van der Waals surface area contributed by atoms with Gasteiger partial charge in [0.05, 0.1) is 6.26 Å². The third-order valence-electron chi connectivity index (χ3n) is 4.34. The average Bonchev–Trinajstić information content (AvgIpc) is 2.87. The highest BCUT2D eigenvalue weighted by atomic mass is 32.2. The molecule has 1 saturated heterocycles. The van der Waals surface area contributed by atoms with Crippen molar-refractivity contribution in [1.82, 2.24) is 4.31 Å². The predicted molar refractivity (Wildman–Crippen MR) is 70.7 cm³/mol. The molecule has 1 aliphatic carbocycles. The van der Waals surface area contributed by atoms with Crippen molar-refractivity contribution < 1.29 is 13.2 Å². The van der Waals surface area contributed by atoms with Crippen molar-refractivity contribution in [2.24, 2.45) is 17.3 Å². The lowest BCUT2D eigenvalue weighted by atomic mass is 9.91. The highest BCUT2D eigenvalue weighted by Crippen LogP contribution is 2.52. The highest BCUT2D eigenvalue weighted by molar-refractivity contribution is 7.88. The molecule has 0 N–H and O–H groups in total. The van der Waals surface area contributed by atoms with Crippen LogP contribution in [0.15, 0.2) is 0 Å². The van der Waals surface area contributed by atoms with Crippen LogP contribution in [0.4, 0.5) is 0 Å². The summed E-state index contributed by atoms with van der Waals surface area (Å²) in [6, 6.07) is 0. The summed E-state index contributed by atoms with van der Waals surface area (Å²) < 4.78 is 24.5. The minimum atomic E-state index is -3.10. The lowest BCUT2D eigenvalue weighted by Crippen LogP contribution is -2.40. The van der Waals surface area contributed by atoms with Crippen molar-refractivity contribution in [2.45, 2.75) is 39.5 Å². The van der Waals surface area contributed by atoms with E-state index in [0.29, 0.717) is 25.3 Å². The molecule has 1 aliphatic heterocycles. The lowest BCUT2D eigenvalue weighted by Gasteiger charge is -2.30. The van der Waals surface area contributed by atoms with Crippen molar-refractivity contribution in [3.05, 3.63) is 0 Å². The van der Waals surface area contributed by atoms with Crippen LogP contribution in [-0.2, 0) is 14.8 Å². The molecule has 0 bridgehead atoms. The van der Waals surface area contributed by atoms with Crippen LogP contribution in [0.25, 0.3) is 0 Å². The first-order valence-corrected chi connectivity index (χ1v) is 8.53. The Morgan fingerprint density at radius 1 is 1.39 bits per heavy atom. The molecule has 0 aromatic rings. The molecule has 2 unspecified atom stereocenters. The normalized spacial score (nSPS) is 32.2. The number of carbonyl (C=O) groups excluding carboxylic acids is 1. The van der Waals surface area contributed by atoms with Gasteiger partial charge in [-0.25, -0.2) is 12.7 Å². The second-order valence-electron chi connectivity index (χ2n) is 6.54. The molecule has 1 saturated carbocycles. The molecule has 0 aromatic carbocycles. The second-order valence-corrected chi connectivity index (χ2v) is 8.53. The van der Waals surface area contributed by atoms with E-state index in [2.05, 4.69) is 13.8 Å². The molecule has 5 heteroatoms. The smallest absolute Gasteiger partial charge is 0.211 e. The number of ketones is 1. The summed E-state index contributed by atoms with van der Waals surface area (Å²) in [5.74, 6) is 0.767. The van der Waals surface area contributed by atoms with Crippen LogP contribution in [0.1, 0.15) is 39.5 Å². The molecule has 0 spiro atoms. The van der Waals surface area contributed by atoms with Crippen LogP contribution >= 0.6 is 0 Å². The zero-order chi connectivity index (χ0) is 13.6. The number of piperidine rings is 1. The molecular weight excluding hydrogens is 250 g/mol. The summed E-state index contributed by atoms with van der Waals surface area (Å²) in [6.45, 7) is 5.38. The van der Waals surface area contributed by atoms with E-state index in [1.807, 2.05) is 0 Å². The van der Waals surface area contributed by atoms with Crippen LogP contribution in [0, 0.1) is 17.3 Å². The SMILES string of the molecule is CC1(C)CC1C(=O)CC1CCCN(S(C)(=O)=O)C1. The fourth-order valence-electron chi connectivity index (χ4n) is 2.94. The fraction of sp³-hybridized carbons (Fsp3) is 0.923. The number of carbonyl (C=O) groups is 1. The summed E-state index contributed by atoms with van der Waals surface area (Å²) in [6.07, 6.45) is 4.65. The van der Waals surface area contributed by atoms with E-state index in [9.17, 15) is 13.2 Å². The zero-order valence-electron chi connectivity index (χ0n) is 11.5. The molecule has 104 valence electrons. The maximum absolute atomic E-state index is 12.1. The standard InChI is InChI=1S/C13H23NO3S/c1-13(2)8-11(13)12(15)7-10-5-4-6-14(9-10)18(3,16)17/h10-11H,4-9H2,1-3H3. The number of hydrogen-bond donors (Lipinski definition) is 0. The minimum absolute atomic E-state index is 0.183. The zero-order valence-corrected chi connectivity index (χ0v) is 12.3. The van der Waals surface area contributed by atoms with Crippen LogP contribution in [0.5, 0.6) is 0 Å². The number of rotatable bonds is 4. The molecular formula is C13H23NO3S. The van der Waals surface area contributed by atoms with Gasteiger partial charge >= 0.3 is 0 Å². The van der Waals surface area contributed by atoms with Gasteiger partial charge in [0, 0.05) is 25.4 Å². The molecule has 2 aliphatic rings. The predicted octanol–water partition coefficient (Wildman–Crippen LogP) is 1.66. The van der Waals surface area contributed by atoms with Gasteiger partial charge in [-0.1, -0.05) is 13.8 Å². The molecule has 2 atom stereocenters. The Hall–Kier alpha value is -0.420. The second kappa shape index (κ2) is 4.60. The third-order valence-corrected chi connectivity index (χ3v) is 5.61. The first kappa shape index (κ1) is 14.0. The van der Waals surface area contributed by atoms with Gasteiger partial charge < -0.3 is 0 Å². The van der Waals surface area contributed by atoms with E-state index in [1.54, 1.807) is 0 Å². The molecule has 4 nitrogen and oxygen atoms in total. The topological polar surface area (TPSA) is 54.5 Å². The molecule has 2 fully saturated rings. The van der Waals surface area contributed by atoms with Gasteiger partial charge in [-0.15, -0.1) is 0 Å². The molecule has 2 rings (SSSR count). The Bertz CT molecular complexity index is 441. The quantitative estimate of drug-likeness (QED) is 0.783. The van der Waals surface area contributed by atoms with Crippen LogP contribution in [0.3, 0.4) is 0 Å². The first-order valence-electron chi connectivity index (χ1n) is 6.68. The van der Waals surface area contributed by atoms with E-state index in [0.717, 1.165) is 19.3 Å². The Kier molecular flexibility index (Phi) is 3.58. The number of sulfonamides is 1. The summed E-state index contributed by atoms with van der Waals surface area (Å²) in [4.78, 5) is 12.1. The van der Waals surface area contributed by atoms with E-state index in [1.165, 1.54) is 10.6 Å². The Balaban J connectivity index is 1.89. The number of nitrogens with zero attached hydrogens (tertiary/aromatic N) is 1. The first-order chi connectivity index (χ1) is 8.20. The van der Waals surface area contributed by atoms with Crippen LogP contribution < -0.4 is 0 Å². The molecule has 0 amide bonds. The molecule has 0 radical (unpaired) electrons. The van der Waals surface area contributed by atoms with Crippen molar-refractivity contribution >= 4 is 15.8 Å². The van der Waals surface area contributed by atoms with Crippen molar-refractivity contribution in [1.29, 1.82) is 0 Å². The summed E-state index contributed by atoms with van der Waals surface area (Å²) >= 11 is 0. The maximum atomic E-state index is 12.1. The van der Waals surface area contributed by atoms with E-state index >= 15 is 0 Å². The molecule has 1 heterocycles. The van der Waals surface area contributed by atoms with E-state index in [4.69, 9.17) is 0 Å². The van der Waals surface area contributed by atoms with Crippen molar-refractivity contribution in [2.75, 3.05) is 19.3 Å². The van der Waals surface area contributed by atoms with Gasteiger partial charge in [-0.2, -0.15) is 0 Å².